The summed E-state index contributed by atoms with van der Waals surface area (Å²) in [4.78, 5) is 11.5. The molecule has 0 saturated heterocycles. The van der Waals surface area contributed by atoms with E-state index >= 15 is 0 Å². The molecule has 0 aliphatic heterocycles. The minimum Gasteiger partial charge on any atom is -0.395 e. The number of hydrogen-bond acceptors (Lipinski definition) is 3. The summed E-state index contributed by atoms with van der Waals surface area (Å²) in [6.45, 7) is 0.408. The Balaban J connectivity index is 2.08. The first-order chi connectivity index (χ1) is 7.24. The Kier molecular flexibility index (Phi) is 5.86. The first-order valence-corrected chi connectivity index (χ1v) is 6.96. The van der Waals surface area contributed by atoms with E-state index < -0.39 is 10.8 Å². The lowest BCUT2D eigenvalue weighted by molar-refractivity contribution is -0.124. The van der Waals surface area contributed by atoms with Crippen molar-refractivity contribution in [2.45, 2.75) is 25.7 Å². The van der Waals surface area contributed by atoms with Gasteiger partial charge in [-0.2, -0.15) is 0 Å². The van der Waals surface area contributed by atoms with Crippen molar-refractivity contribution in [3.05, 3.63) is 0 Å². The quantitative estimate of drug-likeness (QED) is 0.680. The van der Waals surface area contributed by atoms with Gasteiger partial charge < -0.3 is 10.4 Å². The molecule has 0 spiro atoms. The van der Waals surface area contributed by atoms with Crippen LogP contribution in [0.5, 0.6) is 0 Å². The molecule has 0 aromatic rings. The number of rotatable bonds is 6. The van der Waals surface area contributed by atoms with Gasteiger partial charge in [0.25, 0.3) is 0 Å². The zero-order chi connectivity index (χ0) is 11.1. The number of carbonyl (C=O) groups is 1. The summed E-state index contributed by atoms with van der Waals surface area (Å²) in [6.07, 6.45) is 4.28. The van der Waals surface area contributed by atoms with Crippen LogP contribution in [0.1, 0.15) is 25.7 Å². The van der Waals surface area contributed by atoms with Crippen LogP contribution in [0.25, 0.3) is 0 Å². The van der Waals surface area contributed by atoms with E-state index in [2.05, 4.69) is 5.32 Å². The second kappa shape index (κ2) is 6.95. The molecule has 1 aliphatic rings. The first-order valence-electron chi connectivity index (χ1n) is 5.47. The van der Waals surface area contributed by atoms with Crippen molar-refractivity contribution in [1.29, 1.82) is 0 Å². The highest BCUT2D eigenvalue weighted by atomic mass is 32.2. The maximum absolute atomic E-state index is 11.5. The Morgan fingerprint density at radius 3 is 2.60 bits per heavy atom. The molecule has 15 heavy (non-hydrogen) atoms. The summed E-state index contributed by atoms with van der Waals surface area (Å²) in [6, 6.07) is 0. The van der Waals surface area contributed by atoms with E-state index in [0.717, 1.165) is 25.7 Å². The molecule has 1 aliphatic carbocycles. The monoisotopic (exact) mass is 233 g/mol. The molecule has 1 amide bonds. The van der Waals surface area contributed by atoms with Gasteiger partial charge in [0.2, 0.25) is 5.91 Å². The van der Waals surface area contributed by atoms with Crippen LogP contribution in [0.15, 0.2) is 0 Å². The third-order valence-corrected chi connectivity index (χ3v) is 3.97. The van der Waals surface area contributed by atoms with Crippen LogP contribution in [-0.2, 0) is 15.6 Å². The van der Waals surface area contributed by atoms with Crippen molar-refractivity contribution in [3.63, 3.8) is 0 Å². The average Bonchev–Trinajstić information content (AvgIpc) is 2.70. The van der Waals surface area contributed by atoms with Gasteiger partial charge in [-0.15, -0.1) is 0 Å². The van der Waals surface area contributed by atoms with Gasteiger partial charge in [0.1, 0.15) is 0 Å². The van der Waals surface area contributed by atoms with Crippen molar-refractivity contribution in [2.75, 3.05) is 24.7 Å². The van der Waals surface area contributed by atoms with Crippen molar-refractivity contribution in [2.24, 2.45) is 5.92 Å². The Bertz CT molecular complexity index is 227. The van der Waals surface area contributed by atoms with E-state index in [9.17, 15) is 9.00 Å². The molecule has 0 bridgehead atoms. The third-order valence-electron chi connectivity index (χ3n) is 2.67. The molecule has 0 heterocycles. The molecule has 0 aromatic carbocycles. The van der Waals surface area contributed by atoms with E-state index in [1.165, 1.54) is 0 Å². The van der Waals surface area contributed by atoms with Crippen LogP contribution < -0.4 is 5.32 Å². The Labute approximate surface area is 92.9 Å². The smallest absolute Gasteiger partial charge is 0.223 e. The summed E-state index contributed by atoms with van der Waals surface area (Å²) < 4.78 is 11.1. The largest absolute Gasteiger partial charge is 0.395 e. The fraction of sp³-hybridized carbons (Fsp3) is 0.900. The lowest BCUT2D eigenvalue weighted by atomic mass is 10.1. The lowest BCUT2D eigenvalue weighted by Gasteiger charge is -2.09. The van der Waals surface area contributed by atoms with Crippen LogP contribution in [0, 0.1) is 5.92 Å². The lowest BCUT2D eigenvalue weighted by Crippen LogP contribution is -2.32. The van der Waals surface area contributed by atoms with E-state index in [0.29, 0.717) is 18.1 Å². The highest BCUT2D eigenvalue weighted by molar-refractivity contribution is 7.85. The summed E-state index contributed by atoms with van der Waals surface area (Å²) in [7, 11) is -1.00. The predicted octanol–water partition coefficient (Wildman–Crippen LogP) is 0.0338. The summed E-state index contributed by atoms with van der Waals surface area (Å²) in [5, 5.41) is 11.3. The molecule has 5 heteroatoms. The maximum Gasteiger partial charge on any atom is 0.223 e. The number of amides is 1. The van der Waals surface area contributed by atoms with Crippen LogP contribution >= 0.6 is 0 Å². The maximum atomic E-state index is 11.5. The van der Waals surface area contributed by atoms with Gasteiger partial charge in [-0.1, -0.05) is 12.8 Å². The van der Waals surface area contributed by atoms with Gasteiger partial charge in [0.05, 0.1) is 6.61 Å². The molecule has 0 aromatic heterocycles. The van der Waals surface area contributed by atoms with Crippen LogP contribution in [-0.4, -0.2) is 39.9 Å². The minimum atomic E-state index is -1.00. The molecule has 2 N–H and O–H groups in total. The number of carbonyl (C=O) groups excluding carboxylic acids is 1. The van der Waals surface area contributed by atoms with Gasteiger partial charge in [-0.25, -0.2) is 0 Å². The molecule has 1 saturated carbocycles. The molecule has 88 valence electrons. The molecule has 1 fully saturated rings. The average molecular weight is 233 g/mol. The number of aliphatic hydroxyl groups is 1. The van der Waals surface area contributed by atoms with Crippen molar-refractivity contribution >= 4 is 16.7 Å². The van der Waals surface area contributed by atoms with Crippen molar-refractivity contribution in [3.8, 4) is 0 Å². The molecular formula is C10H19NO3S. The zero-order valence-corrected chi connectivity index (χ0v) is 9.72. The summed E-state index contributed by atoms with van der Waals surface area (Å²) >= 11 is 0. The highest BCUT2D eigenvalue weighted by Crippen LogP contribution is 2.24. The van der Waals surface area contributed by atoms with Crippen LogP contribution in [0.2, 0.25) is 0 Å². The minimum absolute atomic E-state index is 0.0524. The molecule has 1 atom stereocenters. The van der Waals surface area contributed by atoms with Crippen molar-refractivity contribution in [1.82, 2.24) is 5.32 Å². The van der Waals surface area contributed by atoms with E-state index in [1.807, 2.05) is 0 Å². The fourth-order valence-electron chi connectivity index (χ4n) is 1.82. The number of aliphatic hydroxyl groups excluding tert-OH is 1. The van der Waals surface area contributed by atoms with E-state index in [-0.39, 0.29) is 18.4 Å². The predicted molar refractivity (Wildman–Crippen MR) is 59.9 cm³/mol. The molecule has 0 radical (unpaired) electrons. The first kappa shape index (κ1) is 12.6. The topological polar surface area (TPSA) is 66.4 Å². The third kappa shape index (κ3) is 4.75. The second-order valence-electron chi connectivity index (χ2n) is 3.84. The molecule has 1 rings (SSSR count). The van der Waals surface area contributed by atoms with Gasteiger partial charge in [0, 0.05) is 34.8 Å². The van der Waals surface area contributed by atoms with Crippen molar-refractivity contribution < 1.29 is 14.1 Å². The Morgan fingerprint density at radius 2 is 2.00 bits per heavy atom. The van der Waals surface area contributed by atoms with E-state index in [4.69, 9.17) is 5.11 Å². The SMILES string of the molecule is O=C(NCCS(=O)CCO)C1CCCC1. The Morgan fingerprint density at radius 1 is 1.33 bits per heavy atom. The van der Waals surface area contributed by atoms with E-state index in [1.54, 1.807) is 0 Å². The van der Waals surface area contributed by atoms with Crippen LogP contribution in [0.4, 0.5) is 0 Å². The summed E-state index contributed by atoms with van der Waals surface area (Å²) in [5.41, 5.74) is 0. The molecular weight excluding hydrogens is 214 g/mol. The fourth-order valence-corrected chi connectivity index (χ4v) is 2.56. The molecule has 1 unspecified atom stereocenters. The number of hydrogen-bond donors (Lipinski definition) is 2. The highest BCUT2D eigenvalue weighted by Gasteiger charge is 2.21. The van der Waals surface area contributed by atoms with Gasteiger partial charge in [-0.05, 0) is 12.8 Å². The van der Waals surface area contributed by atoms with Crippen LogP contribution in [0.3, 0.4) is 0 Å². The van der Waals surface area contributed by atoms with Gasteiger partial charge in [0.15, 0.2) is 0 Å². The van der Waals surface area contributed by atoms with Gasteiger partial charge in [-0.3, -0.25) is 9.00 Å². The number of nitrogens with one attached hydrogen (secondary N) is 1. The molecule has 4 nitrogen and oxygen atoms in total. The second-order valence-corrected chi connectivity index (χ2v) is 5.54. The Hall–Kier alpha value is -0.420. The standard InChI is InChI=1S/C10H19NO3S/c12-6-8-15(14)7-5-11-10(13)9-3-1-2-4-9/h9,12H,1-8H2,(H,11,13). The van der Waals surface area contributed by atoms with Gasteiger partial charge >= 0.3 is 0 Å². The normalized spacial score (nSPS) is 19.0. The summed E-state index contributed by atoms with van der Waals surface area (Å²) in [5.74, 6) is 1.03. The zero-order valence-electron chi connectivity index (χ0n) is 8.91.